The molecule has 4 rings (SSSR count). The summed E-state index contributed by atoms with van der Waals surface area (Å²) in [5, 5.41) is 21.9. The maximum Gasteiger partial charge on any atom is 0.337 e. The van der Waals surface area contributed by atoms with E-state index in [1.165, 1.54) is 6.07 Å². The lowest BCUT2D eigenvalue weighted by atomic mass is 10.0. The van der Waals surface area contributed by atoms with Gasteiger partial charge in [0.15, 0.2) is 11.5 Å². The summed E-state index contributed by atoms with van der Waals surface area (Å²) in [6, 6.07) is 16.0. The average Bonchev–Trinajstić information content (AvgIpc) is 2.77. The number of carboxylic acids is 2. The first-order valence-electron chi connectivity index (χ1n) is 10.4. The van der Waals surface area contributed by atoms with Gasteiger partial charge in [0.25, 0.3) is 0 Å². The van der Waals surface area contributed by atoms with E-state index < -0.39 is 11.9 Å². The molecule has 0 radical (unpaired) electrons. The second-order valence-electron chi connectivity index (χ2n) is 7.59. The Kier molecular flexibility index (Phi) is 5.98. The van der Waals surface area contributed by atoms with Gasteiger partial charge in [-0.15, -0.1) is 0 Å². The van der Waals surface area contributed by atoms with E-state index in [2.05, 4.69) is 12.2 Å². The van der Waals surface area contributed by atoms with Gasteiger partial charge in [0, 0.05) is 0 Å². The zero-order chi connectivity index (χ0) is 22.7. The van der Waals surface area contributed by atoms with Crippen LogP contribution in [0.2, 0.25) is 0 Å². The van der Waals surface area contributed by atoms with Crippen molar-refractivity contribution in [2.24, 2.45) is 0 Å². The highest BCUT2D eigenvalue weighted by atomic mass is 16.5. The lowest BCUT2D eigenvalue weighted by molar-refractivity contribution is 0.0696. The van der Waals surface area contributed by atoms with Crippen LogP contribution in [-0.4, -0.2) is 28.8 Å². The van der Waals surface area contributed by atoms with Crippen LogP contribution in [-0.2, 0) is 6.42 Å². The van der Waals surface area contributed by atoms with Crippen LogP contribution in [0.3, 0.4) is 0 Å². The Labute approximate surface area is 185 Å². The molecular formula is C25H23NO6. The minimum atomic E-state index is -1.24. The Morgan fingerprint density at radius 3 is 2.53 bits per heavy atom. The summed E-state index contributed by atoms with van der Waals surface area (Å²) in [5.41, 5.74) is 2.65. The van der Waals surface area contributed by atoms with E-state index in [1.54, 1.807) is 6.07 Å². The molecule has 7 nitrogen and oxygen atoms in total. The number of ether oxygens (including phenoxy) is 2. The molecule has 0 aromatic heterocycles. The van der Waals surface area contributed by atoms with Gasteiger partial charge in [-0.05, 0) is 60.4 Å². The maximum absolute atomic E-state index is 11.7. The van der Waals surface area contributed by atoms with Gasteiger partial charge < -0.3 is 25.0 Å². The van der Waals surface area contributed by atoms with E-state index in [-0.39, 0.29) is 22.6 Å². The minimum absolute atomic E-state index is 0.149. The summed E-state index contributed by atoms with van der Waals surface area (Å²) in [6.45, 7) is 2.81. The third kappa shape index (κ3) is 4.51. The quantitative estimate of drug-likeness (QED) is 0.306. The summed E-state index contributed by atoms with van der Waals surface area (Å²) in [4.78, 5) is 23.0. The zero-order valence-electron chi connectivity index (χ0n) is 17.6. The molecule has 164 valence electrons. The summed E-state index contributed by atoms with van der Waals surface area (Å²) < 4.78 is 11.6. The Morgan fingerprint density at radius 2 is 1.78 bits per heavy atom. The van der Waals surface area contributed by atoms with E-state index in [4.69, 9.17) is 9.47 Å². The molecular weight excluding hydrogens is 410 g/mol. The average molecular weight is 433 g/mol. The molecule has 0 bridgehead atoms. The summed E-state index contributed by atoms with van der Waals surface area (Å²) in [5.74, 6) is -0.957. The molecule has 32 heavy (non-hydrogen) atoms. The van der Waals surface area contributed by atoms with Gasteiger partial charge in [-0.1, -0.05) is 31.5 Å². The van der Waals surface area contributed by atoms with Crippen molar-refractivity contribution in [3.05, 3.63) is 76.9 Å². The lowest BCUT2D eigenvalue weighted by Crippen LogP contribution is -2.11. The Morgan fingerprint density at radius 1 is 0.969 bits per heavy atom. The number of aromatic carboxylic acids is 2. The van der Waals surface area contributed by atoms with Gasteiger partial charge in [0.05, 0.1) is 29.1 Å². The van der Waals surface area contributed by atoms with Crippen LogP contribution in [0.4, 0.5) is 11.4 Å². The first-order chi connectivity index (χ1) is 15.4. The molecule has 3 aromatic carbocycles. The van der Waals surface area contributed by atoms with Crippen molar-refractivity contribution in [3.63, 3.8) is 0 Å². The SMILES string of the molecule is CCCCOc1cccc(Cc2ccc3c(c2)Nc2c(cc(C(=O)O)cc2C(=O)O)O3)c1. The van der Waals surface area contributed by atoms with Crippen molar-refractivity contribution in [3.8, 4) is 17.2 Å². The minimum Gasteiger partial charge on any atom is -0.494 e. The van der Waals surface area contributed by atoms with Gasteiger partial charge in [-0.25, -0.2) is 9.59 Å². The van der Waals surface area contributed by atoms with Gasteiger partial charge in [0.2, 0.25) is 0 Å². The second kappa shape index (κ2) is 9.01. The highest BCUT2D eigenvalue weighted by Crippen LogP contribution is 2.44. The van der Waals surface area contributed by atoms with Crippen LogP contribution in [0.25, 0.3) is 0 Å². The largest absolute Gasteiger partial charge is 0.494 e. The van der Waals surface area contributed by atoms with Crippen LogP contribution in [0.15, 0.2) is 54.6 Å². The molecule has 7 heteroatoms. The number of rotatable bonds is 8. The fraction of sp³-hybridized carbons (Fsp3) is 0.200. The van der Waals surface area contributed by atoms with Crippen molar-refractivity contribution in [1.82, 2.24) is 0 Å². The summed E-state index contributed by atoms with van der Waals surface area (Å²) >= 11 is 0. The van der Waals surface area contributed by atoms with Crippen molar-refractivity contribution in [2.75, 3.05) is 11.9 Å². The molecule has 3 aromatic rings. The molecule has 0 saturated heterocycles. The Balaban J connectivity index is 1.58. The maximum atomic E-state index is 11.7. The predicted octanol–water partition coefficient (Wildman–Crippen LogP) is 5.70. The predicted molar refractivity (Wildman–Crippen MR) is 120 cm³/mol. The number of carbonyl (C=O) groups is 2. The smallest absolute Gasteiger partial charge is 0.337 e. The fourth-order valence-electron chi connectivity index (χ4n) is 3.56. The highest BCUT2D eigenvalue weighted by molar-refractivity contribution is 6.02. The topological polar surface area (TPSA) is 105 Å². The molecule has 0 aliphatic carbocycles. The van der Waals surface area contributed by atoms with Crippen molar-refractivity contribution < 1.29 is 29.3 Å². The standard InChI is InChI=1S/C25H23NO6/c1-2-3-9-31-18-6-4-5-15(11-18)10-16-7-8-21-20(12-16)26-23-19(25(29)30)13-17(24(27)28)14-22(23)32-21/h4-8,11-14,26H,2-3,9-10H2,1H3,(H,27,28)(H,29,30). The fourth-order valence-corrected chi connectivity index (χ4v) is 3.56. The molecule has 0 saturated carbocycles. The van der Waals surface area contributed by atoms with Crippen molar-refractivity contribution in [1.29, 1.82) is 0 Å². The Hall–Kier alpha value is -4.00. The lowest BCUT2D eigenvalue weighted by Gasteiger charge is -2.24. The molecule has 1 aliphatic heterocycles. The van der Waals surface area contributed by atoms with Crippen molar-refractivity contribution in [2.45, 2.75) is 26.2 Å². The third-order valence-electron chi connectivity index (χ3n) is 5.18. The van der Waals surface area contributed by atoms with Gasteiger partial charge in [0.1, 0.15) is 5.75 Å². The summed E-state index contributed by atoms with van der Waals surface area (Å²) in [7, 11) is 0. The van der Waals surface area contributed by atoms with E-state index in [0.29, 0.717) is 24.5 Å². The molecule has 1 heterocycles. The number of fused-ring (bicyclic) bond motifs is 2. The van der Waals surface area contributed by atoms with Crippen molar-refractivity contribution >= 4 is 23.3 Å². The summed E-state index contributed by atoms with van der Waals surface area (Å²) in [6.07, 6.45) is 2.75. The number of anilines is 2. The first-order valence-corrected chi connectivity index (χ1v) is 10.4. The number of hydrogen-bond donors (Lipinski definition) is 3. The normalized spacial score (nSPS) is 11.5. The molecule has 3 N–H and O–H groups in total. The molecule has 0 atom stereocenters. The monoisotopic (exact) mass is 433 g/mol. The molecule has 0 unspecified atom stereocenters. The van der Waals surface area contributed by atoms with Crippen LogP contribution in [0.5, 0.6) is 17.2 Å². The number of unbranched alkanes of at least 4 members (excludes halogenated alkanes) is 1. The van der Waals surface area contributed by atoms with E-state index in [9.17, 15) is 19.8 Å². The molecule has 0 amide bonds. The second-order valence-corrected chi connectivity index (χ2v) is 7.59. The highest BCUT2D eigenvalue weighted by Gasteiger charge is 2.25. The number of hydrogen-bond acceptors (Lipinski definition) is 5. The number of nitrogens with one attached hydrogen (secondary N) is 1. The number of carboxylic acid groups (broad SMARTS) is 2. The van der Waals surface area contributed by atoms with Crippen LogP contribution >= 0.6 is 0 Å². The van der Waals surface area contributed by atoms with Crippen LogP contribution in [0, 0.1) is 0 Å². The molecule has 1 aliphatic rings. The molecule has 0 fully saturated rings. The first kappa shape index (κ1) is 21.2. The van der Waals surface area contributed by atoms with Gasteiger partial charge in [-0.3, -0.25) is 0 Å². The van der Waals surface area contributed by atoms with Crippen LogP contribution < -0.4 is 14.8 Å². The van der Waals surface area contributed by atoms with E-state index >= 15 is 0 Å². The zero-order valence-corrected chi connectivity index (χ0v) is 17.6. The molecule has 0 spiro atoms. The van der Waals surface area contributed by atoms with Crippen LogP contribution in [0.1, 0.15) is 51.6 Å². The van der Waals surface area contributed by atoms with E-state index in [1.807, 2.05) is 36.4 Å². The number of benzene rings is 3. The third-order valence-corrected chi connectivity index (χ3v) is 5.18. The van der Waals surface area contributed by atoms with Gasteiger partial charge in [-0.2, -0.15) is 0 Å². The van der Waals surface area contributed by atoms with Gasteiger partial charge >= 0.3 is 11.9 Å². The Bertz CT molecular complexity index is 1190. The van der Waals surface area contributed by atoms with E-state index in [0.717, 1.165) is 35.8 Å².